The van der Waals surface area contributed by atoms with E-state index < -0.39 is 0 Å². The van der Waals surface area contributed by atoms with E-state index in [1.54, 1.807) is 38.2 Å². The first-order chi connectivity index (χ1) is 7.54. The minimum absolute atomic E-state index is 0.0508. The first kappa shape index (κ1) is 12.2. The molecule has 0 aromatic heterocycles. The van der Waals surface area contributed by atoms with Gasteiger partial charge in [-0.2, -0.15) is 5.26 Å². The van der Waals surface area contributed by atoms with Crippen molar-refractivity contribution in [3.05, 3.63) is 29.8 Å². The molecule has 1 aromatic carbocycles. The van der Waals surface area contributed by atoms with Gasteiger partial charge in [0.1, 0.15) is 0 Å². The van der Waals surface area contributed by atoms with Gasteiger partial charge in [0, 0.05) is 25.2 Å². The van der Waals surface area contributed by atoms with Crippen LogP contribution < -0.4 is 10.6 Å². The number of amides is 1. The maximum absolute atomic E-state index is 11.7. The van der Waals surface area contributed by atoms with Gasteiger partial charge in [-0.15, -0.1) is 0 Å². The van der Waals surface area contributed by atoms with Crippen LogP contribution in [0, 0.1) is 11.3 Å². The van der Waals surface area contributed by atoms with Crippen LogP contribution in [-0.4, -0.2) is 19.0 Å². The zero-order valence-corrected chi connectivity index (χ0v) is 9.47. The Kier molecular flexibility index (Phi) is 4.03. The van der Waals surface area contributed by atoms with E-state index in [4.69, 9.17) is 11.0 Å². The quantitative estimate of drug-likeness (QED) is 0.828. The predicted octanol–water partition coefficient (Wildman–Crippen LogP) is 1.26. The molecule has 16 heavy (non-hydrogen) atoms. The molecule has 1 atom stereocenters. The summed E-state index contributed by atoms with van der Waals surface area (Å²) < 4.78 is 0. The van der Waals surface area contributed by atoms with E-state index in [0.29, 0.717) is 17.7 Å². The Morgan fingerprint density at radius 3 is 2.88 bits per heavy atom. The van der Waals surface area contributed by atoms with Crippen LogP contribution in [0.3, 0.4) is 0 Å². The minimum atomic E-state index is -0.158. The van der Waals surface area contributed by atoms with Gasteiger partial charge in [0.2, 0.25) is 5.91 Å². The number of anilines is 1. The summed E-state index contributed by atoms with van der Waals surface area (Å²) in [4.78, 5) is 13.2. The first-order valence-corrected chi connectivity index (χ1v) is 5.07. The third-order valence-electron chi connectivity index (χ3n) is 2.23. The molecule has 0 aliphatic carbocycles. The van der Waals surface area contributed by atoms with Gasteiger partial charge in [-0.05, 0) is 25.1 Å². The SMILES string of the molecule is CC(N)CC(=O)N(C)c1cccc(C#N)c1. The fourth-order valence-corrected chi connectivity index (χ4v) is 1.34. The Labute approximate surface area is 95.3 Å². The van der Waals surface area contributed by atoms with Gasteiger partial charge in [-0.3, -0.25) is 4.79 Å². The molecule has 0 bridgehead atoms. The van der Waals surface area contributed by atoms with Crippen molar-refractivity contribution in [2.24, 2.45) is 5.73 Å². The van der Waals surface area contributed by atoms with Crippen LogP contribution >= 0.6 is 0 Å². The molecule has 0 radical (unpaired) electrons. The normalized spacial score (nSPS) is 11.6. The van der Waals surface area contributed by atoms with E-state index in [0.717, 1.165) is 0 Å². The molecule has 0 aliphatic heterocycles. The number of nitrogens with two attached hydrogens (primary N) is 1. The summed E-state index contributed by atoms with van der Waals surface area (Å²) in [5.41, 5.74) is 6.82. The molecule has 0 saturated heterocycles. The summed E-state index contributed by atoms with van der Waals surface area (Å²) in [6.07, 6.45) is 0.299. The average molecular weight is 217 g/mol. The molecule has 84 valence electrons. The van der Waals surface area contributed by atoms with Crippen LogP contribution in [0.25, 0.3) is 0 Å². The molecule has 1 rings (SSSR count). The van der Waals surface area contributed by atoms with Crippen molar-refractivity contribution in [2.45, 2.75) is 19.4 Å². The molecular weight excluding hydrogens is 202 g/mol. The smallest absolute Gasteiger partial charge is 0.228 e. The topological polar surface area (TPSA) is 70.1 Å². The Morgan fingerprint density at radius 1 is 1.62 bits per heavy atom. The van der Waals surface area contributed by atoms with Gasteiger partial charge in [-0.25, -0.2) is 0 Å². The fourth-order valence-electron chi connectivity index (χ4n) is 1.34. The Bertz CT molecular complexity index is 421. The highest BCUT2D eigenvalue weighted by atomic mass is 16.2. The second-order valence-corrected chi connectivity index (χ2v) is 3.80. The lowest BCUT2D eigenvalue weighted by Gasteiger charge is -2.18. The molecule has 0 saturated carbocycles. The molecule has 0 spiro atoms. The molecule has 4 heteroatoms. The lowest BCUT2D eigenvalue weighted by molar-refractivity contribution is -0.118. The van der Waals surface area contributed by atoms with E-state index in [1.165, 1.54) is 4.90 Å². The standard InChI is InChI=1S/C12H15N3O/c1-9(14)6-12(16)15(2)11-5-3-4-10(7-11)8-13/h3-5,7,9H,6,14H2,1-2H3. The summed E-state index contributed by atoms with van der Waals surface area (Å²) in [6.45, 7) is 1.79. The van der Waals surface area contributed by atoms with Crippen LogP contribution in [-0.2, 0) is 4.79 Å². The van der Waals surface area contributed by atoms with Gasteiger partial charge < -0.3 is 10.6 Å². The van der Waals surface area contributed by atoms with Crippen molar-refractivity contribution in [3.8, 4) is 6.07 Å². The number of carbonyl (C=O) groups is 1. The number of nitriles is 1. The molecule has 0 aliphatic rings. The van der Waals surface area contributed by atoms with Gasteiger partial charge >= 0.3 is 0 Å². The lowest BCUT2D eigenvalue weighted by atomic mass is 10.2. The molecule has 4 nitrogen and oxygen atoms in total. The molecule has 0 heterocycles. The van der Waals surface area contributed by atoms with E-state index in [2.05, 4.69) is 0 Å². The first-order valence-electron chi connectivity index (χ1n) is 5.07. The van der Waals surface area contributed by atoms with Crippen molar-refractivity contribution in [2.75, 3.05) is 11.9 Å². The van der Waals surface area contributed by atoms with E-state index in [9.17, 15) is 4.79 Å². The molecule has 1 aromatic rings. The van der Waals surface area contributed by atoms with Gasteiger partial charge in [-0.1, -0.05) is 6.07 Å². The monoisotopic (exact) mass is 217 g/mol. The van der Waals surface area contributed by atoms with Crippen LogP contribution in [0.1, 0.15) is 18.9 Å². The third-order valence-corrected chi connectivity index (χ3v) is 2.23. The van der Waals surface area contributed by atoms with Gasteiger partial charge in [0.25, 0.3) is 0 Å². The summed E-state index contributed by atoms with van der Waals surface area (Å²) in [6, 6.07) is 8.81. The highest BCUT2D eigenvalue weighted by Crippen LogP contribution is 2.15. The van der Waals surface area contributed by atoms with Crippen LogP contribution in [0.4, 0.5) is 5.69 Å². The summed E-state index contributed by atoms with van der Waals surface area (Å²) in [5.74, 6) is -0.0508. The number of rotatable bonds is 3. The van der Waals surface area contributed by atoms with Gasteiger partial charge in [0.15, 0.2) is 0 Å². The number of hydrogen-bond donors (Lipinski definition) is 1. The Hall–Kier alpha value is -1.86. The van der Waals surface area contributed by atoms with Crippen molar-refractivity contribution in [1.29, 1.82) is 5.26 Å². The van der Waals surface area contributed by atoms with E-state index >= 15 is 0 Å². The molecule has 1 amide bonds. The van der Waals surface area contributed by atoms with Crippen LogP contribution in [0.15, 0.2) is 24.3 Å². The molecular formula is C12H15N3O. The second kappa shape index (κ2) is 5.29. The highest BCUT2D eigenvalue weighted by Gasteiger charge is 2.12. The highest BCUT2D eigenvalue weighted by molar-refractivity contribution is 5.93. The predicted molar refractivity (Wildman–Crippen MR) is 62.8 cm³/mol. The average Bonchev–Trinajstić information content (AvgIpc) is 2.27. The molecule has 1 unspecified atom stereocenters. The minimum Gasteiger partial charge on any atom is -0.327 e. The Balaban J connectivity index is 2.84. The fraction of sp³-hybridized carbons (Fsp3) is 0.333. The van der Waals surface area contributed by atoms with Crippen molar-refractivity contribution < 1.29 is 4.79 Å². The summed E-state index contributed by atoms with van der Waals surface area (Å²) >= 11 is 0. The maximum atomic E-state index is 11.7. The largest absolute Gasteiger partial charge is 0.327 e. The summed E-state index contributed by atoms with van der Waals surface area (Å²) in [5, 5.41) is 8.75. The zero-order chi connectivity index (χ0) is 12.1. The molecule has 0 fully saturated rings. The lowest BCUT2D eigenvalue weighted by Crippen LogP contribution is -2.31. The number of nitrogens with zero attached hydrogens (tertiary/aromatic N) is 2. The van der Waals surface area contributed by atoms with E-state index in [-0.39, 0.29) is 11.9 Å². The van der Waals surface area contributed by atoms with Crippen molar-refractivity contribution in [3.63, 3.8) is 0 Å². The van der Waals surface area contributed by atoms with E-state index in [1.807, 2.05) is 6.07 Å². The Morgan fingerprint density at radius 2 is 2.31 bits per heavy atom. The van der Waals surface area contributed by atoms with Crippen molar-refractivity contribution in [1.82, 2.24) is 0 Å². The zero-order valence-electron chi connectivity index (χ0n) is 9.47. The van der Waals surface area contributed by atoms with Crippen molar-refractivity contribution >= 4 is 11.6 Å². The van der Waals surface area contributed by atoms with Crippen LogP contribution in [0.2, 0.25) is 0 Å². The second-order valence-electron chi connectivity index (χ2n) is 3.80. The van der Waals surface area contributed by atoms with Crippen LogP contribution in [0.5, 0.6) is 0 Å². The number of benzene rings is 1. The third kappa shape index (κ3) is 3.07. The maximum Gasteiger partial charge on any atom is 0.228 e. The number of carbonyl (C=O) groups excluding carboxylic acids is 1. The van der Waals surface area contributed by atoms with Gasteiger partial charge in [0.05, 0.1) is 11.6 Å². The molecule has 2 N–H and O–H groups in total. The summed E-state index contributed by atoms with van der Waals surface area (Å²) in [7, 11) is 1.68. The number of hydrogen-bond acceptors (Lipinski definition) is 3.